The number of rotatable bonds is 5. The molecule has 2 fully saturated rings. The first-order valence-corrected chi connectivity index (χ1v) is 8.88. The van der Waals surface area contributed by atoms with Gasteiger partial charge in [-0.15, -0.1) is 0 Å². The van der Waals surface area contributed by atoms with Crippen molar-refractivity contribution in [2.24, 2.45) is 0 Å². The number of hydrogen-bond acceptors (Lipinski definition) is 4. The molecule has 1 aromatic carbocycles. The van der Waals surface area contributed by atoms with Crippen LogP contribution in [0.5, 0.6) is 0 Å². The highest BCUT2D eigenvalue weighted by molar-refractivity contribution is 5.76. The van der Waals surface area contributed by atoms with Crippen molar-refractivity contribution in [3.05, 3.63) is 35.6 Å². The topological polar surface area (TPSA) is 42.0 Å². The summed E-state index contributed by atoms with van der Waals surface area (Å²) < 4.78 is 24.8. The van der Waals surface area contributed by atoms with Crippen LogP contribution in [0.3, 0.4) is 0 Å². The normalized spacial score (nSPS) is 23.1. The van der Waals surface area contributed by atoms with Gasteiger partial charge in [0.05, 0.1) is 18.3 Å². The second-order valence-corrected chi connectivity index (χ2v) is 7.32. The van der Waals surface area contributed by atoms with Gasteiger partial charge in [-0.25, -0.2) is 4.39 Å². The van der Waals surface area contributed by atoms with Crippen LogP contribution in [0.1, 0.15) is 24.8 Å². The van der Waals surface area contributed by atoms with Gasteiger partial charge in [-0.1, -0.05) is 12.1 Å². The molecule has 0 aromatic heterocycles. The summed E-state index contributed by atoms with van der Waals surface area (Å²) in [5.74, 6) is -0.213. The first kappa shape index (κ1) is 18.3. The second kappa shape index (κ2) is 7.81. The number of halogens is 1. The summed E-state index contributed by atoms with van der Waals surface area (Å²) in [6.07, 6.45) is 2.80. The van der Waals surface area contributed by atoms with Gasteiger partial charge in [-0.05, 0) is 30.5 Å². The highest BCUT2D eigenvalue weighted by Crippen LogP contribution is 2.37. The maximum absolute atomic E-state index is 13.0. The first-order valence-electron chi connectivity index (χ1n) is 8.88. The number of likely N-dealkylation sites (N-methyl/N-ethyl adjacent to an activating group) is 1. The van der Waals surface area contributed by atoms with Crippen molar-refractivity contribution in [1.29, 1.82) is 0 Å². The maximum atomic E-state index is 13.0. The highest BCUT2D eigenvalue weighted by Gasteiger charge is 2.43. The van der Waals surface area contributed by atoms with Crippen LogP contribution >= 0.6 is 0 Å². The molecule has 3 rings (SSSR count). The number of likely N-dealkylation sites (tertiary alicyclic amines) is 1. The molecular weight excluding hydrogens is 323 g/mol. The minimum atomic E-state index is -0.195. The standard InChI is InChI=1S/C19H27FN2O3/c1-21(2)18(23)14-24-17-11-19(25-13-17)7-9-22(10-8-19)12-15-3-5-16(20)6-4-15/h3-6,17H,7-14H2,1-2H3/t17-/m1/s1. The maximum Gasteiger partial charge on any atom is 0.248 e. The van der Waals surface area contributed by atoms with E-state index >= 15 is 0 Å². The number of ether oxygens (including phenoxy) is 2. The Labute approximate surface area is 148 Å². The number of hydrogen-bond donors (Lipinski definition) is 0. The minimum Gasteiger partial charge on any atom is -0.372 e. The van der Waals surface area contributed by atoms with E-state index in [0.29, 0.717) is 6.61 Å². The number of carbonyl (C=O) groups excluding carboxylic acids is 1. The van der Waals surface area contributed by atoms with Crippen LogP contribution in [-0.4, -0.2) is 67.8 Å². The van der Waals surface area contributed by atoms with Crippen LogP contribution in [0.2, 0.25) is 0 Å². The molecule has 2 aliphatic rings. The summed E-state index contributed by atoms with van der Waals surface area (Å²) >= 11 is 0. The Kier molecular flexibility index (Phi) is 5.71. The van der Waals surface area contributed by atoms with Gasteiger partial charge in [0.1, 0.15) is 12.4 Å². The number of benzene rings is 1. The van der Waals surface area contributed by atoms with E-state index in [2.05, 4.69) is 4.90 Å². The molecule has 0 radical (unpaired) electrons. The van der Waals surface area contributed by atoms with Gasteiger partial charge >= 0.3 is 0 Å². The Hall–Kier alpha value is -1.50. The molecule has 2 saturated heterocycles. The summed E-state index contributed by atoms with van der Waals surface area (Å²) in [5.41, 5.74) is 1.03. The predicted molar refractivity (Wildman–Crippen MR) is 92.6 cm³/mol. The molecule has 138 valence electrons. The van der Waals surface area contributed by atoms with E-state index < -0.39 is 0 Å². The SMILES string of the molecule is CN(C)C(=O)CO[C@H]1COC2(CCN(Cc3ccc(F)cc3)CC2)C1. The lowest BCUT2D eigenvalue weighted by Gasteiger charge is -2.38. The van der Waals surface area contributed by atoms with Crippen molar-refractivity contribution in [2.75, 3.05) is 40.4 Å². The fourth-order valence-corrected chi connectivity index (χ4v) is 3.54. The molecule has 5 nitrogen and oxygen atoms in total. The zero-order valence-corrected chi connectivity index (χ0v) is 15.0. The van der Waals surface area contributed by atoms with Crippen molar-refractivity contribution >= 4 is 5.91 Å². The molecule has 1 spiro atoms. The molecule has 1 amide bonds. The molecule has 1 atom stereocenters. The minimum absolute atomic E-state index is 0.00699. The largest absolute Gasteiger partial charge is 0.372 e. The van der Waals surface area contributed by atoms with Gasteiger partial charge < -0.3 is 14.4 Å². The predicted octanol–water partition coefficient (Wildman–Crippen LogP) is 2.05. The van der Waals surface area contributed by atoms with Gasteiger partial charge in [-0.2, -0.15) is 0 Å². The van der Waals surface area contributed by atoms with E-state index in [4.69, 9.17) is 9.47 Å². The summed E-state index contributed by atoms with van der Waals surface area (Å²) in [7, 11) is 3.46. The lowest BCUT2D eigenvalue weighted by atomic mass is 9.88. The third-order valence-electron chi connectivity index (χ3n) is 5.20. The Balaban J connectivity index is 1.44. The molecule has 0 bridgehead atoms. The van der Waals surface area contributed by atoms with Crippen molar-refractivity contribution < 1.29 is 18.7 Å². The summed E-state index contributed by atoms with van der Waals surface area (Å²) in [6, 6.07) is 6.71. The van der Waals surface area contributed by atoms with Crippen LogP contribution in [0, 0.1) is 5.82 Å². The molecule has 1 aromatic rings. The first-order chi connectivity index (χ1) is 12.0. The average molecular weight is 350 g/mol. The average Bonchev–Trinajstić information content (AvgIpc) is 3.00. The van der Waals surface area contributed by atoms with Gasteiger partial charge in [0.2, 0.25) is 5.91 Å². The van der Waals surface area contributed by atoms with E-state index in [0.717, 1.165) is 44.5 Å². The van der Waals surface area contributed by atoms with Crippen LogP contribution in [-0.2, 0) is 20.8 Å². The summed E-state index contributed by atoms with van der Waals surface area (Å²) in [6.45, 7) is 3.45. The van der Waals surface area contributed by atoms with Crippen molar-refractivity contribution in [1.82, 2.24) is 9.80 Å². The number of nitrogens with zero attached hydrogens (tertiary/aromatic N) is 2. The molecule has 6 heteroatoms. The van der Waals surface area contributed by atoms with Crippen LogP contribution < -0.4 is 0 Å². The molecule has 0 unspecified atom stereocenters. The van der Waals surface area contributed by atoms with Gasteiger partial charge in [0.15, 0.2) is 0 Å². The molecule has 0 N–H and O–H groups in total. The van der Waals surface area contributed by atoms with Crippen molar-refractivity contribution in [3.63, 3.8) is 0 Å². The molecule has 0 aliphatic carbocycles. The van der Waals surface area contributed by atoms with E-state index in [1.165, 1.54) is 12.1 Å². The van der Waals surface area contributed by atoms with Crippen LogP contribution in [0.25, 0.3) is 0 Å². The van der Waals surface area contributed by atoms with E-state index in [-0.39, 0.29) is 30.0 Å². The van der Waals surface area contributed by atoms with Crippen molar-refractivity contribution in [3.8, 4) is 0 Å². The van der Waals surface area contributed by atoms with E-state index in [1.54, 1.807) is 19.0 Å². The van der Waals surface area contributed by atoms with E-state index in [9.17, 15) is 9.18 Å². The molecular formula is C19H27FN2O3. The third kappa shape index (κ3) is 4.77. The summed E-state index contributed by atoms with van der Waals surface area (Å²) in [4.78, 5) is 15.6. The van der Waals surface area contributed by atoms with Crippen LogP contribution in [0.15, 0.2) is 24.3 Å². The lowest BCUT2D eigenvalue weighted by molar-refractivity contribution is -0.135. The second-order valence-electron chi connectivity index (χ2n) is 7.32. The molecule has 2 aliphatic heterocycles. The number of carbonyl (C=O) groups is 1. The monoisotopic (exact) mass is 350 g/mol. The zero-order valence-electron chi connectivity index (χ0n) is 15.0. The lowest BCUT2D eigenvalue weighted by Crippen LogP contribution is -2.44. The van der Waals surface area contributed by atoms with Crippen molar-refractivity contribution in [2.45, 2.75) is 37.5 Å². The van der Waals surface area contributed by atoms with Crippen LogP contribution in [0.4, 0.5) is 4.39 Å². The Morgan fingerprint density at radius 3 is 2.64 bits per heavy atom. The zero-order chi connectivity index (χ0) is 17.9. The fraction of sp³-hybridized carbons (Fsp3) is 0.632. The van der Waals surface area contributed by atoms with E-state index in [1.807, 2.05) is 12.1 Å². The molecule has 2 heterocycles. The fourth-order valence-electron chi connectivity index (χ4n) is 3.54. The van der Waals surface area contributed by atoms with Gasteiger partial charge in [-0.3, -0.25) is 9.69 Å². The van der Waals surface area contributed by atoms with Gasteiger partial charge in [0.25, 0.3) is 0 Å². The quantitative estimate of drug-likeness (QED) is 0.815. The Morgan fingerprint density at radius 2 is 2.00 bits per heavy atom. The smallest absolute Gasteiger partial charge is 0.248 e. The third-order valence-corrected chi connectivity index (χ3v) is 5.20. The number of amides is 1. The van der Waals surface area contributed by atoms with Gasteiger partial charge in [0, 0.05) is 40.2 Å². The highest BCUT2D eigenvalue weighted by atomic mass is 19.1. The molecule has 0 saturated carbocycles. The summed E-state index contributed by atoms with van der Waals surface area (Å²) in [5, 5.41) is 0. The molecule has 25 heavy (non-hydrogen) atoms. The number of piperidine rings is 1. The Morgan fingerprint density at radius 1 is 1.32 bits per heavy atom. The Bertz CT molecular complexity index is 583.